The van der Waals surface area contributed by atoms with Gasteiger partial charge in [0.15, 0.2) is 0 Å². The Morgan fingerprint density at radius 3 is 2.61 bits per heavy atom. The molecule has 0 unspecified atom stereocenters. The molecule has 0 bridgehead atoms. The summed E-state index contributed by atoms with van der Waals surface area (Å²) in [5.41, 5.74) is 7.29. The van der Waals surface area contributed by atoms with Crippen molar-refractivity contribution in [1.82, 2.24) is 14.5 Å². The molecule has 28 heavy (non-hydrogen) atoms. The van der Waals surface area contributed by atoms with Crippen molar-refractivity contribution in [3.63, 3.8) is 0 Å². The summed E-state index contributed by atoms with van der Waals surface area (Å²) in [6, 6.07) is 8.60. The third-order valence-corrected chi connectivity index (χ3v) is 4.17. The van der Waals surface area contributed by atoms with Crippen molar-refractivity contribution in [3.8, 4) is 0 Å². The molecule has 146 valence electrons. The zero-order chi connectivity index (χ0) is 20.1. The average molecular weight is 383 g/mol. The van der Waals surface area contributed by atoms with Crippen LogP contribution in [-0.4, -0.2) is 47.9 Å². The summed E-state index contributed by atoms with van der Waals surface area (Å²) in [5, 5.41) is 3.43. The molecular weight excluding hydrogens is 362 g/mol. The third-order valence-electron chi connectivity index (χ3n) is 4.17. The van der Waals surface area contributed by atoms with Crippen LogP contribution in [0.2, 0.25) is 0 Å². The van der Waals surface area contributed by atoms with Gasteiger partial charge in [0.05, 0.1) is 31.3 Å². The number of hydrogen-bond donors (Lipinski definition) is 2. The second-order valence-corrected chi connectivity index (χ2v) is 6.05. The maximum Gasteiger partial charge on any atom is 0.337 e. The molecule has 0 aliphatic heterocycles. The van der Waals surface area contributed by atoms with E-state index in [0.29, 0.717) is 42.0 Å². The molecular formula is C19H21N5O4. The standard InChI is InChI=1S/C19H21N5O4/c1-27-10-8-21-16-15-14(22-19(20)23-16)7-9-24(17(15)25)11-12-3-5-13(6-4-12)18(26)28-2/h3-7,9H,8,10-11H2,1-2H3,(H3,20,21,22,23). The van der Waals surface area contributed by atoms with E-state index in [-0.39, 0.29) is 11.5 Å². The van der Waals surface area contributed by atoms with Crippen LogP contribution in [0.15, 0.2) is 41.3 Å². The first-order chi connectivity index (χ1) is 13.5. The summed E-state index contributed by atoms with van der Waals surface area (Å²) >= 11 is 0. The van der Waals surface area contributed by atoms with Gasteiger partial charge in [-0.2, -0.15) is 4.98 Å². The van der Waals surface area contributed by atoms with Crippen LogP contribution in [0.4, 0.5) is 11.8 Å². The van der Waals surface area contributed by atoms with Crippen LogP contribution in [0.3, 0.4) is 0 Å². The number of ether oxygens (including phenoxy) is 2. The minimum atomic E-state index is -0.407. The number of hydrogen-bond acceptors (Lipinski definition) is 8. The largest absolute Gasteiger partial charge is 0.465 e. The van der Waals surface area contributed by atoms with Crippen LogP contribution in [0.5, 0.6) is 0 Å². The van der Waals surface area contributed by atoms with Crippen molar-refractivity contribution in [3.05, 3.63) is 58.0 Å². The summed E-state index contributed by atoms with van der Waals surface area (Å²) in [6.07, 6.45) is 1.66. The zero-order valence-electron chi connectivity index (χ0n) is 15.6. The number of pyridine rings is 1. The van der Waals surface area contributed by atoms with Crippen molar-refractivity contribution < 1.29 is 14.3 Å². The van der Waals surface area contributed by atoms with E-state index in [2.05, 4.69) is 15.3 Å². The van der Waals surface area contributed by atoms with E-state index in [1.807, 2.05) is 0 Å². The Bertz CT molecular complexity index is 1050. The highest BCUT2D eigenvalue weighted by atomic mass is 16.5. The molecule has 0 spiro atoms. The van der Waals surface area contributed by atoms with Gasteiger partial charge in [-0.05, 0) is 23.8 Å². The lowest BCUT2D eigenvalue weighted by Crippen LogP contribution is -2.23. The average Bonchev–Trinajstić information content (AvgIpc) is 2.70. The van der Waals surface area contributed by atoms with Crippen LogP contribution in [0, 0.1) is 0 Å². The lowest BCUT2D eigenvalue weighted by Gasteiger charge is -2.11. The first-order valence-electron chi connectivity index (χ1n) is 8.60. The molecule has 0 fully saturated rings. The Kier molecular flexibility index (Phi) is 5.85. The fourth-order valence-corrected chi connectivity index (χ4v) is 2.78. The molecule has 3 N–H and O–H groups in total. The van der Waals surface area contributed by atoms with E-state index < -0.39 is 5.97 Å². The van der Waals surface area contributed by atoms with Crippen molar-refractivity contribution in [2.75, 3.05) is 38.4 Å². The number of fused-ring (bicyclic) bond motifs is 1. The van der Waals surface area contributed by atoms with Gasteiger partial charge >= 0.3 is 5.97 Å². The van der Waals surface area contributed by atoms with Crippen LogP contribution >= 0.6 is 0 Å². The van der Waals surface area contributed by atoms with Crippen molar-refractivity contribution in [2.24, 2.45) is 0 Å². The Morgan fingerprint density at radius 2 is 1.93 bits per heavy atom. The molecule has 3 aromatic rings. The lowest BCUT2D eigenvalue weighted by atomic mass is 10.1. The Hall–Kier alpha value is -3.46. The van der Waals surface area contributed by atoms with Crippen LogP contribution in [-0.2, 0) is 16.0 Å². The molecule has 0 aliphatic rings. The predicted molar refractivity (Wildman–Crippen MR) is 105 cm³/mol. The molecule has 2 heterocycles. The summed E-state index contributed by atoms with van der Waals surface area (Å²) in [7, 11) is 2.92. The number of rotatable bonds is 7. The summed E-state index contributed by atoms with van der Waals surface area (Å²) < 4.78 is 11.3. The number of nitrogen functional groups attached to an aromatic ring is 1. The van der Waals surface area contributed by atoms with E-state index in [0.717, 1.165) is 5.56 Å². The van der Waals surface area contributed by atoms with Gasteiger partial charge in [0.2, 0.25) is 5.95 Å². The number of methoxy groups -OCH3 is 2. The lowest BCUT2D eigenvalue weighted by molar-refractivity contribution is 0.0600. The minimum Gasteiger partial charge on any atom is -0.465 e. The van der Waals surface area contributed by atoms with Gasteiger partial charge < -0.3 is 25.1 Å². The molecule has 0 radical (unpaired) electrons. The van der Waals surface area contributed by atoms with Gasteiger partial charge in [0.1, 0.15) is 11.2 Å². The summed E-state index contributed by atoms with van der Waals surface area (Å²) in [5.74, 6) is 0.0545. The normalized spacial score (nSPS) is 10.8. The topological polar surface area (TPSA) is 121 Å². The SMILES string of the molecule is COCCNc1nc(N)nc2ccn(Cc3ccc(C(=O)OC)cc3)c(=O)c12. The van der Waals surface area contributed by atoms with Gasteiger partial charge in [-0.15, -0.1) is 0 Å². The fourth-order valence-electron chi connectivity index (χ4n) is 2.78. The van der Waals surface area contributed by atoms with E-state index in [9.17, 15) is 9.59 Å². The first kappa shape index (κ1) is 19.3. The van der Waals surface area contributed by atoms with E-state index in [4.69, 9.17) is 15.2 Å². The van der Waals surface area contributed by atoms with Crippen molar-refractivity contribution in [2.45, 2.75) is 6.54 Å². The molecule has 3 rings (SSSR count). The van der Waals surface area contributed by atoms with Gasteiger partial charge in [0.25, 0.3) is 5.56 Å². The molecule has 0 aliphatic carbocycles. The number of carbonyl (C=O) groups is 1. The molecule has 0 saturated carbocycles. The summed E-state index contributed by atoms with van der Waals surface area (Å²) in [6.45, 7) is 1.27. The van der Waals surface area contributed by atoms with Gasteiger partial charge in [-0.1, -0.05) is 12.1 Å². The Morgan fingerprint density at radius 1 is 1.18 bits per heavy atom. The smallest absolute Gasteiger partial charge is 0.337 e. The quantitative estimate of drug-likeness (QED) is 0.462. The second-order valence-electron chi connectivity index (χ2n) is 6.05. The molecule has 2 aromatic heterocycles. The minimum absolute atomic E-state index is 0.0861. The number of carbonyl (C=O) groups excluding carboxylic acids is 1. The number of nitrogens with zero attached hydrogens (tertiary/aromatic N) is 3. The highest BCUT2D eigenvalue weighted by Crippen LogP contribution is 2.18. The van der Waals surface area contributed by atoms with E-state index in [1.54, 1.807) is 48.2 Å². The highest BCUT2D eigenvalue weighted by molar-refractivity contribution is 5.89. The number of nitrogens with one attached hydrogen (secondary N) is 1. The molecule has 0 atom stereocenters. The maximum absolute atomic E-state index is 13.0. The first-order valence-corrected chi connectivity index (χ1v) is 8.60. The highest BCUT2D eigenvalue weighted by Gasteiger charge is 2.13. The molecule has 0 amide bonds. The van der Waals surface area contributed by atoms with Crippen LogP contribution in [0.25, 0.3) is 10.9 Å². The van der Waals surface area contributed by atoms with Gasteiger partial charge in [-0.25, -0.2) is 9.78 Å². The van der Waals surface area contributed by atoms with Crippen LogP contribution < -0.4 is 16.6 Å². The maximum atomic E-state index is 13.0. The van der Waals surface area contributed by atoms with E-state index >= 15 is 0 Å². The number of anilines is 2. The Balaban J connectivity index is 1.95. The number of benzene rings is 1. The molecule has 9 nitrogen and oxygen atoms in total. The van der Waals surface area contributed by atoms with Crippen molar-refractivity contribution in [1.29, 1.82) is 0 Å². The monoisotopic (exact) mass is 383 g/mol. The fraction of sp³-hybridized carbons (Fsp3) is 0.263. The molecule has 1 aromatic carbocycles. The number of aromatic nitrogens is 3. The molecule has 0 saturated heterocycles. The van der Waals surface area contributed by atoms with Gasteiger partial charge in [-0.3, -0.25) is 4.79 Å². The Labute approximate surface area is 161 Å². The zero-order valence-corrected chi connectivity index (χ0v) is 15.6. The van der Waals surface area contributed by atoms with E-state index in [1.165, 1.54) is 7.11 Å². The third kappa shape index (κ3) is 4.09. The predicted octanol–water partition coefficient (Wildman–Crippen LogP) is 1.27. The van der Waals surface area contributed by atoms with Crippen molar-refractivity contribution >= 4 is 28.6 Å². The number of esters is 1. The summed E-state index contributed by atoms with van der Waals surface area (Å²) in [4.78, 5) is 32.9. The molecule has 9 heteroatoms. The number of nitrogens with two attached hydrogens (primary N) is 1. The van der Waals surface area contributed by atoms with Crippen LogP contribution in [0.1, 0.15) is 15.9 Å². The van der Waals surface area contributed by atoms with Gasteiger partial charge in [0, 0.05) is 19.9 Å². The second kappa shape index (κ2) is 8.49.